The van der Waals surface area contributed by atoms with Gasteiger partial charge in [-0.2, -0.15) is 0 Å². The molecule has 12 nitrogen and oxygen atoms in total. The number of hydrogen-bond acceptors (Lipinski definition) is 12. The van der Waals surface area contributed by atoms with Crippen LogP contribution in [0, 0.1) is 22.7 Å². The summed E-state index contributed by atoms with van der Waals surface area (Å²) in [5.41, 5.74) is -3.35. The quantitative estimate of drug-likeness (QED) is 0.184. The fourth-order valence-corrected chi connectivity index (χ4v) is 10.9. The van der Waals surface area contributed by atoms with Gasteiger partial charge >= 0.3 is 5.97 Å². The summed E-state index contributed by atoms with van der Waals surface area (Å²) in [4.78, 5) is 27.0. The maximum absolute atomic E-state index is 14.2. The van der Waals surface area contributed by atoms with Crippen LogP contribution in [-0.2, 0) is 28.5 Å². The zero-order valence-electron chi connectivity index (χ0n) is 27.1. The molecule has 7 rings (SSSR count). The molecule has 0 aromatic carbocycles. The number of aliphatic hydroxyl groups excluding tert-OH is 5. The first-order chi connectivity index (χ1) is 21.5. The Bertz CT molecular complexity index is 1390. The van der Waals surface area contributed by atoms with Gasteiger partial charge in [0, 0.05) is 30.3 Å². The Kier molecular flexibility index (Phi) is 7.40. The maximum atomic E-state index is 14.2. The van der Waals surface area contributed by atoms with Crippen LogP contribution >= 0.6 is 0 Å². The molecule has 46 heavy (non-hydrogen) atoms. The lowest BCUT2D eigenvalue weighted by molar-refractivity contribution is -0.312. The topological polar surface area (TPSA) is 192 Å². The van der Waals surface area contributed by atoms with Gasteiger partial charge in [-0.25, -0.2) is 4.79 Å². The molecule has 3 aliphatic heterocycles. The third-order valence-electron chi connectivity index (χ3n) is 13.9. The first kappa shape index (κ1) is 32.8. The van der Waals surface area contributed by atoms with E-state index in [9.17, 15) is 40.2 Å². The minimum Gasteiger partial charge on any atom is -0.455 e. The molecule has 256 valence electrons. The molecule has 12 heteroatoms. The number of Topliss-reactive ketones (excluding diaryl/α,β-unsaturated/α-hetero) is 1. The molecule has 0 unspecified atom stereocenters. The highest BCUT2D eigenvalue weighted by Crippen LogP contribution is 2.77. The molecular formula is C34H48O12. The standard InChI is InChI=1S/C34H48O12/c1-15-10-24(45-28(41)16(15)2)32(5)33(42)13-23(37)34(46-32)20-7-6-17-11-18(43-29-27(40)26(39)25(38)21(14-35)44-29)12-22(36)31(17,4)19(20)8-9-30(33,34)3/h6,18-21,23-27,29,35,37-40,42H,7-14H2,1-5H3/t18-,19+,20-,21-,23+,24-,25-,26+,27-,29-,30-,31+,32-,33-,34+/m1/s1. The number of carbonyl (C=O) groups is 2. The number of fused-ring (bicyclic) bond motifs is 3. The number of ketones is 1. The number of allylic oxidation sites excluding steroid dienone is 1. The molecule has 5 fully saturated rings. The molecular weight excluding hydrogens is 600 g/mol. The van der Waals surface area contributed by atoms with Crippen molar-refractivity contribution in [2.45, 2.75) is 145 Å². The molecule has 15 atom stereocenters. The fraction of sp³-hybridized carbons (Fsp3) is 0.824. The van der Waals surface area contributed by atoms with Crippen molar-refractivity contribution < 1.29 is 59.2 Å². The summed E-state index contributed by atoms with van der Waals surface area (Å²) in [6.45, 7) is 8.78. The molecule has 4 aliphatic carbocycles. The smallest absolute Gasteiger partial charge is 0.334 e. The van der Waals surface area contributed by atoms with E-state index in [1.165, 1.54) is 0 Å². The summed E-state index contributed by atoms with van der Waals surface area (Å²) < 4.78 is 24.5. The summed E-state index contributed by atoms with van der Waals surface area (Å²) in [5, 5.41) is 64.9. The average molecular weight is 649 g/mol. The van der Waals surface area contributed by atoms with Crippen LogP contribution < -0.4 is 0 Å². The Morgan fingerprint density at radius 2 is 1.70 bits per heavy atom. The van der Waals surface area contributed by atoms with Gasteiger partial charge in [-0.15, -0.1) is 0 Å². The third kappa shape index (κ3) is 3.82. The van der Waals surface area contributed by atoms with E-state index in [1.54, 1.807) is 6.92 Å². The second-order valence-corrected chi connectivity index (χ2v) is 15.6. The minimum absolute atomic E-state index is 0.0183. The third-order valence-corrected chi connectivity index (χ3v) is 13.9. The van der Waals surface area contributed by atoms with E-state index < -0.39 is 89.2 Å². The fourth-order valence-electron chi connectivity index (χ4n) is 10.9. The van der Waals surface area contributed by atoms with Gasteiger partial charge in [-0.1, -0.05) is 24.1 Å². The van der Waals surface area contributed by atoms with Crippen LogP contribution in [0.15, 0.2) is 22.8 Å². The highest BCUT2D eigenvalue weighted by molar-refractivity contribution is 5.90. The number of rotatable bonds is 4. The van der Waals surface area contributed by atoms with Crippen molar-refractivity contribution in [2.24, 2.45) is 22.7 Å². The van der Waals surface area contributed by atoms with E-state index >= 15 is 0 Å². The molecule has 0 aromatic heterocycles. The molecule has 3 heterocycles. The van der Waals surface area contributed by atoms with Gasteiger partial charge in [0.2, 0.25) is 0 Å². The molecule has 0 spiro atoms. The van der Waals surface area contributed by atoms with E-state index in [1.807, 2.05) is 33.8 Å². The summed E-state index contributed by atoms with van der Waals surface area (Å²) in [7, 11) is 0. The van der Waals surface area contributed by atoms with Crippen LogP contribution in [0.5, 0.6) is 0 Å². The first-order valence-corrected chi connectivity index (χ1v) is 16.7. The lowest BCUT2D eigenvalue weighted by Gasteiger charge is -2.60. The lowest BCUT2D eigenvalue weighted by Crippen LogP contribution is -2.65. The average Bonchev–Trinajstić information content (AvgIpc) is 3.29. The summed E-state index contributed by atoms with van der Waals surface area (Å²) in [6, 6.07) is 0. The van der Waals surface area contributed by atoms with Crippen molar-refractivity contribution in [3.05, 3.63) is 22.8 Å². The molecule has 6 N–H and O–H groups in total. The van der Waals surface area contributed by atoms with E-state index in [4.69, 9.17) is 18.9 Å². The van der Waals surface area contributed by atoms with Crippen LogP contribution in [0.2, 0.25) is 0 Å². The number of carbonyl (C=O) groups excluding carboxylic acids is 2. The van der Waals surface area contributed by atoms with Crippen molar-refractivity contribution in [1.82, 2.24) is 0 Å². The van der Waals surface area contributed by atoms with Crippen molar-refractivity contribution in [1.29, 1.82) is 0 Å². The van der Waals surface area contributed by atoms with Gasteiger partial charge in [0.05, 0.1) is 24.2 Å². The van der Waals surface area contributed by atoms with Gasteiger partial charge in [0.1, 0.15) is 53.1 Å². The first-order valence-electron chi connectivity index (χ1n) is 16.7. The normalized spacial score (nSPS) is 55.0. The highest BCUT2D eigenvalue weighted by Gasteiger charge is 2.87. The lowest BCUT2D eigenvalue weighted by atomic mass is 9.45. The van der Waals surface area contributed by atoms with Crippen molar-refractivity contribution in [2.75, 3.05) is 6.61 Å². The molecule has 0 aromatic rings. The van der Waals surface area contributed by atoms with Gasteiger partial charge in [-0.3, -0.25) is 4.79 Å². The Hall–Kier alpha value is -1.74. The largest absolute Gasteiger partial charge is 0.455 e. The van der Waals surface area contributed by atoms with Crippen molar-refractivity contribution >= 4 is 11.8 Å². The van der Waals surface area contributed by atoms with Crippen LogP contribution in [0.4, 0.5) is 0 Å². The second kappa shape index (κ2) is 10.4. The van der Waals surface area contributed by atoms with Gasteiger partial charge in [-0.05, 0) is 65.2 Å². The van der Waals surface area contributed by atoms with Crippen molar-refractivity contribution in [3.63, 3.8) is 0 Å². The second-order valence-electron chi connectivity index (χ2n) is 15.6. The van der Waals surface area contributed by atoms with Crippen LogP contribution in [-0.4, -0.2) is 115 Å². The Morgan fingerprint density at radius 1 is 0.978 bits per heavy atom. The summed E-state index contributed by atoms with van der Waals surface area (Å²) in [6.07, 6.45) is -4.95. The Morgan fingerprint density at radius 3 is 2.37 bits per heavy atom. The highest BCUT2D eigenvalue weighted by atomic mass is 16.7. The number of aliphatic hydroxyl groups is 6. The Labute approximate surface area is 268 Å². The zero-order valence-corrected chi connectivity index (χ0v) is 27.1. The zero-order chi connectivity index (χ0) is 33.4. The van der Waals surface area contributed by atoms with E-state index in [-0.39, 0.29) is 30.5 Å². The van der Waals surface area contributed by atoms with E-state index in [0.29, 0.717) is 37.7 Å². The number of esters is 1. The summed E-state index contributed by atoms with van der Waals surface area (Å²) >= 11 is 0. The molecule has 2 bridgehead atoms. The summed E-state index contributed by atoms with van der Waals surface area (Å²) in [5.74, 6) is -0.982. The molecule has 3 saturated carbocycles. The molecule has 0 radical (unpaired) electrons. The van der Waals surface area contributed by atoms with Gasteiger partial charge in [0.25, 0.3) is 0 Å². The molecule has 0 amide bonds. The number of cyclic esters (lactones) is 1. The Balaban J connectivity index is 1.19. The van der Waals surface area contributed by atoms with E-state index in [0.717, 1.165) is 11.1 Å². The SMILES string of the molecule is CC1=C(C)C(=O)O[C@@H]([C@@]2(C)O[C@]34[C@@H]5CC=C6C[C@@H](O[C@@H]7O[C@H](CO)[C@@H](O)[C@H](O)[C@H]7O)CC(=O)[C@]6(C)[C@H]5CC[C@]3(C)[C@]2(O)C[C@@H]4O)C1. The molecule has 2 saturated heterocycles. The van der Waals surface area contributed by atoms with Gasteiger partial charge in [0.15, 0.2) is 6.29 Å². The number of ether oxygens (including phenoxy) is 4. The van der Waals surface area contributed by atoms with Crippen LogP contribution in [0.25, 0.3) is 0 Å². The maximum Gasteiger partial charge on any atom is 0.334 e. The minimum atomic E-state index is -1.58. The van der Waals surface area contributed by atoms with Crippen molar-refractivity contribution in [3.8, 4) is 0 Å². The predicted molar refractivity (Wildman–Crippen MR) is 159 cm³/mol. The predicted octanol–water partition coefficient (Wildman–Crippen LogP) is 0.579. The monoisotopic (exact) mass is 648 g/mol. The van der Waals surface area contributed by atoms with Gasteiger partial charge < -0.3 is 49.6 Å². The molecule has 7 aliphatic rings. The van der Waals surface area contributed by atoms with Crippen LogP contribution in [0.1, 0.15) is 79.6 Å². The van der Waals surface area contributed by atoms with Crippen LogP contribution in [0.3, 0.4) is 0 Å². The number of hydrogen-bond donors (Lipinski definition) is 6. The van der Waals surface area contributed by atoms with E-state index in [2.05, 4.69) is 0 Å².